The molecule has 1 aliphatic rings. The van der Waals surface area contributed by atoms with E-state index in [0.29, 0.717) is 21.5 Å². The molecule has 2 aromatic heterocycles. The number of hydrogen-bond donors (Lipinski definition) is 1. The molecule has 5 rings (SSSR count). The number of hydrogen-bond acceptors (Lipinski definition) is 5. The van der Waals surface area contributed by atoms with Gasteiger partial charge in [-0.2, -0.15) is 5.26 Å². The molecule has 0 spiro atoms. The average Bonchev–Trinajstić information content (AvgIpc) is 3.22. The van der Waals surface area contributed by atoms with Crippen molar-refractivity contribution in [2.24, 2.45) is 0 Å². The van der Waals surface area contributed by atoms with Crippen LogP contribution in [0.2, 0.25) is 0 Å². The van der Waals surface area contributed by atoms with E-state index in [0.717, 1.165) is 36.8 Å². The van der Waals surface area contributed by atoms with Crippen LogP contribution in [0.5, 0.6) is 5.75 Å². The summed E-state index contributed by atoms with van der Waals surface area (Å²) in [5.74, 6) is 0.556. The molecule has 164 valence electrons. The number of benzene rings is 2. The Morgan fingerprint density at radius 3 is 2.76 bits per heavy atom. The lowest BCUT2D eigenvalue weighted by Gasteiger charge is -2.09. The van der Waals surface area contributed by atoms with Crippen LogP contribution in [0, 0.1) is 17.1 Å². The number of aromatic nitrogens is 2. The van der Waals surface area contributed by atoms with Crippen LogP contribution in [-0.2, 0) is 19.4 Å². The second-order valence-corrected chi connectivity index (χ2v) is 9.01. The van der Waals surface area contributed by atoms with E-state index in [1.165, 1.54) is 10.9 Å². The molecule has 0 saturated carbocycles. The van der Waals surface area contributed by atoms with Crippen molar-refractivity contribution < 1.29 is 9.13 Å². The topological polar surface area (TPSA) is 78.8 Å². The monoisotopic (exact) mass is 457 g/mol. The molecule has 0 radical (unpaired) electrons. The second kappa shape index (κ2) is 9.00. The number of thiophene rings is 1. The molecule has 0 aliphatic heterocycles. The number of aromatic amines is 1. The zero-order valence-electron chi connectivity index (χ0n) is 17.7. The fourth-order valence-electron chi connectivity index (χ4n) is 4.05. The molecular formula is C26H20FN3O2S. The first-order valence-electron chi connectivity index (χ1n) is 10.8. The normalized spacial score (nSPS) is 13.5. The smallest absolute Gasteiger partial charge is 0.260 e. The first-order valence-corrected chi connectivity index (χ1v) is 11.6. The molecule has 5 nitrogen and oxygen atoms in total. The number of allylic oxidation sites excluding steroid dienone is 1. The molecule has 0 amide bonds. The molecule has 1 N–H and O–H groups in total. The van der Waals surface area contributed by atoms with Crippen LogP contribution in [0.25, 0.3) is 21.9 Å². The van der Waals surface area contributed by atoms with Crippen LogP contribution in [0.15, 0.2) is 53.3 Å². The Kier molecular flexibility index (Phi) is 5.76. The maximum Gasteiger partial charge on any atom is 0.260 e. The summed E-state index contributed by atoms with van der Waals surface area (Å²) in [5, 5.41) is 10.4. The highest BCUT2D eigenvalue weighted by atomic mass is 32.1. The van der Waals surface area contributed by atoms with Gasteiger partial charge in [0.25, 0.3) is 5.56 Å². The van der Waals surface area contributed by atoms with Gasteiger partial charge in [-0.1, -0.05) is 30.3 Å². The Bertz CT molecular complexity index is 1460. The predicted octanol–water partition coefficient (Wildman–Crippen LogP) is 5.65. The summed E-state index contributed by atoms with van der Waals surface area (Å²) >= 11 is 1.56. The van der Waals surface area contributed by atoms with Gasteiger partial charge >= 0.3 is 0 Å². The highest BCUT2D eigenvalue weighted by molar-refractivity contribution is 7.18. The quantitative estimate of drug-likeness (QED) is 0.393. The zero-order valence-corrected chi connectivity index (χ0v) is 18.5. The molecule has 4 aromatic rings. The fourth-order valence-corrected chi connectivity index (χ4v) is 5.31. The van der Waals surface area contributed by atoms with E-state index in [2.05, 4.69) is 16.0 Å². The van der Waals surface area contributed by atoms with Crippen molar-refractivity contribution in [2.75, 3.05) is 0 Å². The Morgan fingerprint density at radius 2 is 1.97 bits per heavy atom. The SMILES string of the molecule is N#CC(=Cc1ccc(OCc2ccccc2F)cc1)c1nc2sc3c(c2c(=O)[nH]1)CCCC3. The van der Waals surface area contributed by atoms with Crippen LogP contribution in [0.3, 0.4) is 0 Å². The van der Waals surface area contributed by atoms with E-state index in [1.54, 1.807) is 59.9 Å². The van der Waals surface area contributed by atoms with Crippen LogP contribution < -0.4 is 10.3 Å². The van der Waals surface area contributed by atoms with Crippen LogP contribution in [-0.4, -0.2) is 9.97 Å². The van der Waals surface area contributed by atoms with E-state index < -0.39 is 0 Å². The maximum atomic E-state index is 13.7. The van der Waals surface area contributed by atoms with Crippen molar-refractivity contribution in [3.8, 4) is 11.8 Å². The number of nitrogens with zero attached hydrogens (tertiary/aromatic N) is 2. The van der Waals surface area contributed by atoms with Crippen molar-refractivity contribution in [1.82, 2.24) is 9.97 Å². The number of aryl methyl sites for hydroxylation is 2. The first kappa shape index (κ1) is 21.1. The van der Waals surface area contributed by atoms with Crippen molar-refractivity contribution >= 4 is 33.2 Å². The Morgan fingerprint density at radius 1 is 1.18 bits per heavy atom. The number of rotatable bonds is 5. The predicted molar refractivity (Wildman–Crippen MR) is 128 cm³/mol. The fraction of sp³-hybridized carbons (Fsp3) is 0.192. The molecule has 2 heterocycles. The number of H-pyrrole nitrogens is 1. The van der Waals surface area contributed by atoms with Crippen LogP contribution >= 0.6 is 11.3 Å². The van der Waals surface area contributed by atoms with Gasteiger partial charge < -0.3 is 9.72 Å². The summed E-state index contributed by atoms with van der Waals surface area (Å²) in [4.78, 5) is 22.1. The largest absolute Gasteiger partial charge is 0.489 e. The lowest BCUT2D eigenvalue weighted by atomic mass is 9.97. The number of fused-ring (bicyclic) bond motifs is 3. The van der Waals surface area contributed by atoms with E-state index in [1.807, 2.05) is 0 Å². The van der Waals surface area contributed by atoms with Gasteiger partial charge in [0.05, 0.1) is 11.0 Å². The summed E-state index contributed by atoms with van der Waals surface area (Å²) in [5.41, 5.74) is 2.45. The maximum absolute atomic E-state index is 13.7. The minimum atomic E-state index is -0.305. The molecule has 0 unspecified atom stereocenters. The third kappa shape index (κ3) is 4.30. The lowest BCUT2D eigenvalue weighted by molar-refractivity contribution is 0.300. The number of nitrogens with one attached hydrogen (secondary N) is 1. The van der Waals surface area contributed by atoms with E-state index in [4.69, 9.17) is 4.74 Å². The summed E-state index contributed by atoms with van der Waals surface area (Å²) < 4.78 is 19.4. The molecule has 33 heavy (non-hydrogen) atoms. The van der Waals surface area contributed by atoms with Crippen LogP contribution in [0.1, 0.15) is 40.2 Å². The summed E-state index contributed by atoms with van der Waals surface area (Å²) in [6.45, 7) is 0.126. The Balaban J connectivity index is 1.39. The van der Waals surface area contributed by atoms with Crippen molar-refractivity contribution in [3.63, 3.8) is 0 Å². The molecule has 0 atom stereocenters. The molecule has 0 fully saturated rings. The van der Waals surface area contributed by atoms with Gasteiger partial charge in [-0.3, -0.25) is 4.79 Å². The third-order valence-corrected chi connectivity index (χ3v) is 6.93. The summed E-state index contributed by atoms with van der Waals surface area (Å²) in [6, 6.07) is 15.7. The Hall–Kier alpha value is -3.76. The lowest BCUT2D eigenvalue weighted by Crippen LogP contribution is -2.12. The van der Waals surface area contributed by atoms with Gasteiger partial charge in [0.2, 0.25) is 0 Å². The third-order valence-electron chi connectivity index (χ3n) is 5.74. The molecule has 1 aliphatic carbocycles. The van der Waals surface area contributed by atoms with Crippen molar-refractivity contribution in [3.05, 3.63) is 92.1 Å². The van der Waals surface area contributed by atoms with Crippen LogP contribution in [0.4, 0.5) is 4.39 Å². The molecular weight excluding hydrogens is 437 g/mol. The minimum Gasteiger partial charge on any atom is -0.489 e. The number of halogens is 1. The Labute approximate surface area is 193 Å². The van der Waals surface area contributed by atoms with Gasteiger partial charge in [0.1, 0.15) is 29.1 Å². The van der Waals surface area contributed by atoms with E-state index in [9.17, 15) is 14.4 Å². The standard InChI is InChI=1S/C26H20FN3O2S/c27-21-7-3-1-5-17(21)15-32-19-11-9-16(10-12-19)13-18(14-28)24-29-25(31)23-20-6-2-4-8-22(20)33-26(23)30-24/h1,3,5,7,9-13H,2,4,6,8,15H2,(H,29,30,31). The molecule has 7 heteroatoms. The highest BCUT2D eigenvalue weighted by Crippen LogP contribution is 2.34. The van der Waals surface area contributed by atoms with Gasteiger partial charge in [0, 0.05) is 10.4 Å². The van der Waals surface area contributed by atoms with E-state index in [-0.39, 0.29) is 29.4 Å². The molecule has 0 bridgehead atoms. The van der Waals surface area contributed by atoms with Gasteiger partial charge in [0.15, 0.2) is 5.82 Å². The van der Waals surface area contributed by atoms with Crippen molar-refractivity contribution in [1.29, 1.82) is 5.26 Å². The molecule has 2 aromatic carbocycles. The first-order chi connectivity index (χ1) is 16.1. The van der Waals surface area contributed by atoms with E-state index >= 15 is 0 Å². The van der Waals surface area contributed by atoms with Gasteiger partial charge in [-0.25, -0.2) is 9.37 Å². The summed E-state index contributed by atoms with van der Waals surface area (Å²) in [7, 11) is 0. The minimum absolute atomic E-state index is 0.126. The zero-order chi connectivity index (χ0) is 22.8. The van der Waals surface area contributed by atoms with Crippen molar-refractivity contribution in [2.45, 2.75) is 32.3 Å². The van der Waals surface area contributed by atoms with Gasteiger partial charge in [-0.05, 0) is 61.1 Å². The number of nitriles is 1. The average molecular weight is 458 g/mol. The van der Waals surface area contributed by atoms with Gasteiger partial charge in [-0.15, -0.1) is 11.3 Å². The highest BCUT2D eigenvalue weighted by Gasteiger charge is 2.20. The molecule has 0 saturated heterocycles. The number of ether oxygens (including phenoxy) is 1. The second-order valence-electron chi connectivity index (χ2n) is 7.92. The summed E-state index contributed by atoms with van der Waals surface area (Å²) in [6.07, 6.45) is 5.79.